The summed E-state index contributed by atoms with van der Waals surface area (Å²) in [5.74, 6) is 0.645. The molecular formula is C16H22N4O. The standard InChI is InChI=1S/C16H22N4O/c1-19-9-16(10-19)6-12(7-16)20-14-4-3-11(8-21-2)5-13(14)18-15(20)17/h3-5,12H,6-10H2,1-2H3,(H2,17,18). The summed E-state index contributed by atoms with van der Waals surface area (Å²) in [4.78, 5) is 6.93. The van der Waals surface area contributed by atoms with Gasteiger partial charge in [-0.3, -0.25) is 0 Å². The van der Waals surface area contributed by atoms with Crippen LogP contribution < -0.4 is 5.73 Å². The number of methoxy groups -OCH3 is 1. The van der Waals surface area contributed by atoms with Crippen molar-refractivity contribution in [1.82, 2.24) is 14.5 Å². The Balaban J connectivity index is 1.62. The van der Waals surface area contributed by atoms with Crippen molar-refractivity contribution in [1.29, 1.82) is 0 Å². The van der Waals surface area contributed by atoms with Crippen LogP contribution in [0.2, 0.25) is 0 Å². The van der Waals surface area contributed by atoms with E-state index in [1.54, 1.807) is 7.11 Å². The van der Waals surface area contributed by atoms with Crippen molar-refractivity contribution in [2.24, 2.45) is 5.41 Å². The van der Waals surface area contributed by atoms with E-state index in [1.807, 2.05) is 0 Å². The predicted octanol–water partition coefficient (Wildman–Crippen LogP) is 2.03. The van der Waals surface area contributed by atoms with Gasteiger partial charge < -0.3 is 19.9 Å². The summed E-state index contributed by atoms with van der Waals surface area (Å²) in [5.41, 5.74) is 10.00. The summed E-state index contributed by atoms with van der Waals surface area (Å²) in [6, 6.07) is 6.83. The molecule has 0 radical (unpaired) electrons. The van der Waals surface area contributed by atoms with Gasteiger partial charge in [-0.1, -0.05) is 6.07 Å². The molecule has 1 saturated carbocycles. The molecule has 0 unspecified atom stereocenters. The Morgan fingerprint density at radius 2 is 2.14 bits per heavy atom. The van der Waals surface area contributed by atoms with Crippen molar-refractivity contribution < 1.29 is 4.74 Å². The van der Waals surface area contributed by atoms with E-state index < -0.39 is 0 Å². The van der Waals surface area contributed by atoms with Crippen LogP contribution >= 0.6 is 0 Å². The number of nitrogens with two attached hydrogens (primary N) is 1. The first-order valence-corrected chi connectivity index (χ1v) is 7.54. The molecule has 5 nitrogen and oxygen atoms in total. The topological polar surface area (TPSA) is 56.3 Å². The molecule has 0 atom stereocenters. The maximum absolute atomic E-state index is 6.17. The maximum Gasteiger partial charge on any atom is 0.201 e. The Hall–Kier alpha value is -1.59. The maximum atomic E-state index is 6.17. The van der Waals surface area contributed by atoms with E-state index in [0.717, 1.165) is 16.6 Å². The fraction of sp³-hybridized carbons (Fsp3) is 0.562. The van der Waals surface area contributed by atoms with Crippen LogP contribution in [-0.2, 0) is 11.3 Å². The van der Waals surface area contributed by atoms with Crippen LogP contribution in [0.3, 0.4) is 0 Å². The number of benzene rings is 1. The fourth-order valence-corrected chi connectivity index (χ4v) is 4.28. The molecule has 1 aromatic heterocycles. The number of likely N-dealkylation sites (tertiary alicyclic amines) is 1. The summed E-state index contributed by atoms with van der Waals surface area (Å²) >= 11 is 0. The minimum Gasteiger partial charge on any atom is -0.380 e. The van der Waals surface area contributed by atoms with E-state index in [9.17, 15) is 0 Å². The molecule has 4 rings (SSSR count). The molecule has 5 heteroatoms. The molecule has 2 N–H and O–H groups in total. The molecule has 1 aliphatic carbocycles. The highest BCUT2D eigenvalue weighted by Crippen LogP contribution is 2.54. The van der Waals surface area contributed by atoms with Gasteiger partial charge in [0.25, 0.3) is 0 Å². The molecular weight excluding hydrogens is 264 g/mol. The average molecular weight is 286 g/mol. The van der Waals surface area contributed by atoms with E-state index in [-0.39, 0.29) is 0 Å². The highest BCUT2D eigenvalue weighted by atomic mass is 16.5. The number of imidazole rings is 1. The van der Waals surface area contributed by atoms with Crippen LogP contribution in [0.5, 0.6) is 0 Å². The second kappa shape index (κ2) is 4.45. The van der Waals surface area contributed by atoms with Crippen molar-refractivity contribution >= 4 is 17.0 Å². The molecule has 2 aliphatic rings. The van der Waals surface area contributed by atoms with Gasteiger partial charge in [0, 0.05) is 26.2 Å². The lowest BCUT2D eigenvalue weighted by molar-refractivity contribution is -0.0742. The van der Waals surface area contributed by atoms with Crippen LogP contribution in [0, 0.1) is 5.41 Å². The van der Waals surface area contributed by atoms with Crippen molar-refractivity contribution in [2.45, 2.75) is 25.5 Å². The SMILES string of the molecule is COCc1ccc2c(c1)nc(N)n2C1CC2(C1)CN(C)C2. The molecule has 112 valence electrons. The molecule has 0 amide bonds. The summed E-state index contributed by atoms with van der Waals surface area (Å²) in [6.45, 7) is 3.07. The van der Waals surface area contributed by atoms with Gasteiger partial charge in [0.15, 0.2) is 0 Å². The number of nitrogens with zero attached hydrogens (tertiary/aromatic N) is 3. The smallest absolute Gasteiger partial charge is 0.201 e. The summed E-state index contributed by atoms with van der Waals surface area (Å²) in [6.07, 6.45) is 2.46. The zero-order chi connectivity index (χ0) is 14.6. The van der Waals surface area contributed by atoms with Gasteiger partial charge >= 0.3 is 0 Å². The molecule has 1 aromatic carbocycles. The number of fused-ring (bicyclic) bond motifs is 1. The van der Waals surface area contributed by atoms with Crippen molar-refractivity contribution in [3.63, 3.8) is 0 Å². The third kappa shape index (κ3) is 1.95. The van der Waals surface area contributed by atoms with Crippen molar-refractivity contribution in [2.75, 3.05) is 33.0 Å². The molecule has 1 saturated heterocycles. The van der Waals surface area contributed by atoms with Crippen LogP contribution in [-0.4, -0.2) is 41.7 Å². The molecule has 21 heavy (non-hydrogen) atoms. The summed E-state index contributed by atoms with van der Waals surface area (Å²) < 4.78 is 7.41. The van der Waals surface area contributed by atoms with Crippen LogP contribution in [0.15, 0.2) is 18.2 Å². The Bertz CT molecular complexity index is 679. The number of hydrogen-bond acceptors (Lipinski definition) is 4. The number of rotatable bonds is 3. The van der Waals surface area contributed by atoms with Crippen LogP contribution in [0.4, 0.5) is 5.95 Å². The molecule has 2 heterocycles. The molecule has 1 aliphatic heterocycles. The third-order valence-corrected chi connectivity index (χ3v) is 5.01. The first kappa shape index (κ1) is 13.1. The van der Waals surface area contributed by atoms with Gasteiger partial charge in [-0.05, 0) is 43.0 Å². The minimum atomic E-state index is 0.511. The molecule has 0 bridgehead atoms. The average Bonchev–Trinajstić information content (AvgIpc) is 2.68. The van der Waals surface area contributed by atoms with Gasteiger partial charge in [0.2, 0.25) is 5.95 Å². The number of anilines is 1. The Morgan fingerprint density at radius 3 is 2.81 bits per heavy atom. The Morgan fingerprint density at radius 1 is 1.38 bits per heavy atom. The largest absolute Gasteiger partial charge is 0.380 e. The van der Waals surface area contributed by atoms with Crippen molar-refractivity contribution in [3.05, 3.63) is 23.8 Å². The monoisotopic (exact) mass is 286 g/mol. The second-order valence-electron chi connectivity index (χ2n) is 6.83. The normalized spacial score (nSPS) is 21.6. The van der Waals surface area contributed by atoms with E-state index in [1.165, 1.54) is 25.9 Å². The Labute approximate surface area is 124 Å². The lowest BCUT2D eigenvalue weighted by atomic mass is 9.60. The fourth-order valence-electron chi connectivity index (χ4n) is 4.28. The number of aromatic nitrogens is 2. The van der Waals surface area contributed by atoms with Gasteiger partial charge in [0.05, 0.1) is 17.6 Å². The van der Waals surface area contributed by atoms with E-state index in [4.69, 9.17) is 10.5 Å². The van der Waals surface area contributed by atoms with E-state index in [0.29, 0.717) is 24.0 Å². The number of ether oxygens (including phenoxy) is 1. The Kier molecular flexibility index (Phi) is 2.78. The second-order valence-corrected chi connectivity index (χ2v) is 6.83. The van der Waals surface area contributed by atoms with Gasteiger partial charge in [-0.25, -0.2) is 4.98 Å². The summed E-state index contributed by atoms with van der Waals surface area (Å²) in [7, 11) is 3.90. The van der Waals surface area contributed by atoms with E-state index >= 15 is 0 Å². The predicted molar refractivity (Wildman–Crippen MR) is 83.1 cm³/mol. The first-order chi connectivity index (χ1) is 10.1. The van der Waals surface area contributed by atoms with Gasteiger partial charge in [0.1, 0.15) is 0 Å². The third-order valence-electron chi connectivity index (χ3n) is 5.01. The lowest BCUT2D eigenvalue weighted by Gasteiger charge is -2.58. The minimum absolute atomic E-state index is 0.511. The van der Waals surface area contributed by atoms with Gasteiger partial charge in [-0.2, -0.15) is 0 Å². The zero-order valence-corrected chi connectivity index (χ0v) is 12.7. The summed E-state index contributed by atoms with van der Waals surface area (Å²) in [5, 5.41) is 0. The van der Waals surface area contributed by atoms with Crippen LogP contribution in [0.1, 0.15) is 24.4 Å². The highest BCUT2D eigenvalue weighted by Gasteiger charge is 2.52. The van der Waals surface area contributed by atoms with Gasteiger partial charge in [-0.15, -0.1) is 0 Å². The first-order valence-electron chi connectivity index (χ1n) is 7.54. The van der Waals surface area contributed by atoms with E-state index in [2.05, 4.69) is 39.7 Å². The molecule has 2 aromatic rings. The lowest BCUT2D eigenvalue weighted by Crippen LogP contribution is -2.60. The highest BCUT2D eigenvalue weighted by molar-refractivity contribution is 5.79. The quantitative estimate of drug-likeness (QED) is 0.938. The molecule has 2 fully saturated rings. The van der Waals surface area contributed by atoms with Crippen LogP contribution in [0.25, 0.3) is 11.0 Å². The number of hydrogen-bond donors (Lipinski definition) is 1. The molecule has 1 spiro atoms. The van der Waals surface area contributed by atoms with Crippen molar-refractivity contribution in [3.8, 4) is 0 Å². The number of nitrogen functional groups attached to an aromatic ring is 1. The zero-order valence-electron chi connectivity index (χ0n) is 12.7.